The average molecular weight is 255 g/mol. The van der Waals surface area contributed by atoms with E-state index in [1.165, 1.54) is 0 Å². The maximum atomic E-state index is 11.1. The highest BCUT2D eigenvalue weighted by atomic mass is 35.5. The molecule has 1 unspecified atom stereocenters. The number of carbonyl (C=O) groups excluding carboxylic acids is 1. The lowest BCUT2D eigenvalue weighted by Gasteiger charge is -2.13. The first-order chi connectivity index (χ1) is 8.04. The number of amides is 1. The first kappa shape index (κ1) is 12.1. The van der Waals surface area contributed by atoms with E-state index in [0.717, 1.165) is 0 Å². The van der Waals surface area contributed by atoms with Gasteiger partial charge in [0.1, 0.15) is 16.8 Å². The second-order valence-electron chi connectivity index (χ2n) is 4.44. The van der Waals surface area contributed by atoms with Crippen LogP contribution in [0.15, 0.2) is 6.07 Å². The molecule has 1 aliphatic heterocycles. The van der Waals surface area contributed by atoms with E-state index in [9.17, 15) is 4.79 Å². The van der Waals surface area contributed by atoms with Crippen LogP contribution in [0.5, 0.6) is 0 Å². The first-order valence-electron chi connectivity index (χ1n) is 5.62. The van der Waals surface area contributed by atoms with Gasteiger partial charge in [-0.15, -0.1) is 0 Å². The molecule has 1 amide bonds. The highest BCUT2D eigenvalue weighted by Crippen LogP contribution is 2.18. The zero-order valence-electron chi connectivity index (χ0n) is 9.83. The van der Waals surface area contributed by atoms with E-state index < -0.39 is 0 Å². The van der Waals surface area contributed by atoms with Gasteiger partial charge in [0.15, 0.2) is 0 Å². The van der Waals surface area contributed by atoms with Gasteiger partial charge in [0.2, 0.25) is 5.91 Å². The van der Waals surface area contributed by atoms with Gasteiger partial charge in [-0.05, 0) is 0 Å². The van der Waals surface area contributed by atoms with Crippen LogP contribution in [0.25, 0.3) is 0 Å². The number of hydrogen-bond acceptors (Lipinski definition) is 4. The van der Waals surface area contributed by atoms with Crippen LogP contribution in [0.3, 0.4) is 0 Å². The molecule has 2 N–H and O–H groups in total. The van der Waals surface area contributed by atoms with Crippen molar-refractivity contribution >= 4 is 23.3 Å². The summed E-state index contributed by atoms with van der Waals surface area (Å²) in [5, 5.41) is 6.37. The summed E-state index contributed by atoms with van der Waals surface area (Å²) in [5.41, 5.74) is 0. The molecule has 5 nitrogen and oxygen atoms in total. The van der Waals surface area contributed by atoms with Crippen LogP contribution in [0, 0.1) is 0 Å². The summed E-state index contributed by atoms with van der Waals surface area (Å²) in [6.07, 6.45) is 0.471. The van der Waals surface area contributed by atoms with Crippen molar-refractivity contribution in [1.82, 2.24) is 15.3 Å². The molecule has 0 bridgehead atoms. The maximum Gasteiger partial charge on any atom is 0.222 e. The van der Waals surface area contributed by atoms with Gasteiger partial charge in [0, 0.05) is 24.9 Å². The van der Waals surface area contributed by atoms with Crippen LogP contribution in [0.2, 0.25) is 5.15 Å². The predicted octanol–water partition coefficient (Wildman–Crippen LogP) is 1.55. The Hall–Kier alpha value is -1.36. The molecular formula is C11H15ClN4O. The quantitative estimate of drug-likeness (QED) is 0.804. The lowest BCUT2D eigenvalue weighted by molar-refractivity contribution is -0.119. The van der Waals surface area contributed by atoms with Crippen molar-refractivity contribution in [1.29, 1.82) is 0 Å². The summed E-state index contributed by atoms with van der Waals surface area (Å²) in [6.45, 7) is 4.64. The van der Waals surface area contributed by atoms with Crippen LogP contribution in [0.1, 0.15) is 32.0 Å². The van der Waals surface area contributed by atoms with Crippen LogP contribution >= 0.6 is 11.6 Å². The van der Waals surface area contributed by atoms with E-state index in [1.54, 1.807) is 6.07 Å². The Morgan fingerprint density at radius 2 is 2.29 bits per heavy atom. The zero-order chi connectivity index (χ0) is 12.4. The Bertz CT molecular complexity index is 435. The minimum absolute atomic E-state index is 0.0618. The molecule has 1 aromatic heterocycles. The van der Waals surface area contributed by atoms with Crippen molar-refractivity contribution in [3.63, 3.8) is 0 Å². The van der Waals surface area contributed by atoms with E-state index in [4.69, 9.17) is 11.6 Å². The second-order valence-corrected chi connectivity index (χ2v) is 4.83. The van der Waals surface area contributed by atoms with Gasteiger partial charge < -0.3 is 10.6 Å². The summed E-state index contributed by atoms with van der Waals surface area (Å²) in [4.78, 5) is 19.6. The van der Waals surface area contributed by atoms with E-state index >= 15 is 0 Å². The van der Waals surface area contributed by atoms with Gasteiger partial charge in [-0.2, -0.15) is 0 Å². The minimum atomic E-state index is 0.0618. The van der Waals surface area contributed by atoms with Gasteiger partial charge in [-0.3, -0.25) is 4.79 Å². The number of aromatic nitrogens is 2. The summed E-state index contributed by atoms with van der Waals surface area (Å²) in [5.74, 6) is 1.66. The Labute approximate surface area is 105 Å². The fraction of sp³-hybridized carbons (Fsp3) is 0.545. The molecule has 2 heterocycles. The fourth-order valence-electron chi connectivity index (χ4n) is 1.68. The summed E-state index contributed by atoms with van der Waals surface area (Å²) < 4.78 is 0. The molecule has 1 fully saturated rings. The number of hydrogen-bond donors (Lipinski definition) is 2. The number of nitrogens with one attached hydrogen (secondary N) is 2. The minimum Gasteiger partial charge on any atom is -0.365 e. The third-order valence-electron chi connectivity index (χ3n) is 2.56. The number of anilines is 1. The van der Waals surface area contributed by atoms with E-state index in [-0.39, 0.29) is 17.9 Å². The Balaban J connectivity index is 2.12. The largest absolute Gasteiger partial charge is 0.365 e. The van der Waals surface area contributed by atoms with Crippen molar-refractivity contribution in [2.24, 2.45) is 0 Å². The van der Waals surface area contributed by atoms with Crippen molar-refractivity contribution in [3.05, 3.63) is 17.0 Å². The first-order valence-corrected chi connectivity index (χ1v) is 6.00. The normalized spacial score (nSPS) is 19.5. The standard InChI is InChI=1S/C11H15ClN4O/c1-6(2)11-15-8(12)4-9(16-11)14-7-3-10(17)13-5-7/h4,6-7H,3,5H2,1-2H3,(H,13,17)(H,14,15,16). The number of nitrogens with zero attached hydrogens (tertiary/aromatic N) is 2. The lowest BCUT2D eigenvalue weighted by Crippen LogP contribution is -2.23. The third kappa shape index (κ3) is 3.06. The van der Waals surface area contributed by atoms with Crippen LogP contribution < -0.4 is 10.6 Å². The van der Waals surface area contributed by atoms with Gasteiger partial charge >= 0.3 is 0 Å². The molecule has 1 atom stereocenters. The predicted molar refractivity (Wildman–Crippen MR) is 66.2 cm³/mol. The van der Waals surface area contributed by atoms with Gasteiger partial charge in [-0.25, -0.2) is 9.97 Å². The Kier molecular flexibility index (Phi) is 3.47. The van der Waals surface area contributed by atoms with Gasteiger partial charge in [0.05, 0.1) is 6.04 Å². The van der Waals surface area contributed by atoms with Crippen LogP contribution in [0.4, 0.5) is 5.82 Å². The van der Waals surface area contributed by atoms with E-state index in [2.05, 4.69) is 20.6 Å². The van der Waals surface area contributed by atoms with Crippen molar-refractivity contribution in [3.8, 4) is 0 Å². The van der Waals surface area contributed by atoms with Crippen LogP contribution in [-0.2, 0) is 4.79 Å². The molecule has 0 spiro atoms. The van der Waals surface area contributed by atoms with Crippen molar-refractivity contribution < 1.29 is 4.79 Å². The molecule has 0 aromatic carbocycles. The number of rotatable bonds is 3. The molecular weight excluding hydrogens is 240 g/mol. The Morgan fingerprint density at radius 1 is 1.53 bits per heavy atom. The van der Waals surface area contributed by atoms with E-state index in [1.807, 2.05) is 13.8 Å². The molecule has 17 heavy (non-hydrogen) atoms. The molecule has 92 valence electrons. The van der Waals surface area contributed by atoms with Crippen molar-refractivity contribution in [2.45, 2.75) is 32.2 Å². The van der Waals surface area contributed by atoms with Crippen LogP contribution in [-0.4, -0.2) is 28.5 Å². The molecule has 2 rings (SSSR count). The highest BCUT2D eigenvalue weighted by Gasteiger charge is 2.21. The molecule has 6 heteroatoms. The number of halogens is 1. The fourth-order valence-corrected chi connectivity index (χ4v) is 1.87. The summed E-state index contributed by atoms with van der Waals surface area (Å²) in [6, 6.07) is 1.75. The molecule has 0 saturated carbocycles. The van der Waals surface area contributed by atoms with Gasteiger partial charge in [0.25, 0.3) is 0 Å². The SMILES string of the molecule is CC(C)c1nc(Cl)cc(NC2CNC(=O)C2)n1. The monoisotopic (exact) mass is 254 g/mol. The number of carbonyl (C=O) groups is 1. The zero-order valence-corrected chi connectivity index (χ0v) is 10.6. The Morgan fingerprint density at radius 3 is 2.88 bits per heavy atom. The highest BCUT2D eigenvalue weighted by molar-refractivity contribution is 6.29. The van der Waals surface area contributed by atoms with Crippen molar-refractivity contribution in [2.75, 3.05) is 11.9 Å². The molecule has 1 aliphatic rings. The summed E-state index contributed by atoms with van der Waals surface area (Å²) in [7, 11) is 0. The lowest BCUT2D eigenvalue weighted by atomic mass is 10.2. The molecule has 0 radical (unpaired) electrons. The molecule has 0 aliphatic carbocycles. The second kappa shape index (κ2) is 4.87. The third-order valence-corrected chi connectivity index (χ3v) is 2.75. The average Bonchev–Trinajstić information content (AvgIpc) is 2.63. The summed E-state index contributed by atoms with van der Waals surface area (Å²) >= 11 is 5.93. The molecule has 1 saturated heterocycles. The van der Waals surface area contributed by atoms with E-state index in [0.29, 0.717) is 29.8 Å². The van der Waals surface area contributed by atoms with Gasteiger partial charge in [-0.1, -0.05) is 25.4 Å². The molecule has 1 aromatic rings. The maximum absolute atomic E-state index is 11.1. The smallest absolute Gasteiger partial charge is 0.222 e. The topological polar surface area (TPSA) is 66.9 Å².